The van der Waals surface area contributed by atoms with Gasteiger partial charge < -0.3 is 26.4 Å². The Kier molecular flexibility index (Phi) is 13.8. The molecule has 0 fully saturated rings. The maximum atomic E-state index is 13.5. The van der Waals surface area contributed by atoms with E-state index in [1.54, 1.807) is 37.3 Å². The van der Waals surface area contributed by atoms with E-state index in [0.29, 0.717) is 12.0 Å². The third-order valence-corrected chi connectivity index (χ3v) is 6.06. The van der Waals surface area contributed by atoms with Crippen LogP contribution in [0.1, 0.15) is 56.0 Å². The van der Waals surface area contributed by atoms with Gasteiger partial charge in [0.05, 0.1) is 6.61 Å². The van der Waals surface area contributed by atoms with Crippen molar-refractivity contribution < 1.29 is 28.7 Å². The summed E-state index contributed by atoms with van der Waals surface area (Å²) in [6.45, 7) is 5.72. The van der Waals surface area contributed by atoms with E-state index in [1.807, 2.05) is 44.2 Å². The zero-order chi connectivity index (χ0) is 30.2. The molecule has 0 spiro atoms. The van der Waals surface area contributed by atoms with Crippen molar-refractivity contribution in [2.75, 3.05) is 6.61 Å². The number of nitrogens with two attached hydrogens (primary N) is 1. The lowest BCUT2D eigenvalue weighted by atomic mass is 10.00. The fourth-order valence-electron chi connectivity index (χ4n) is 4.05. The molecule has 0 radical (unpaired) electrons. The first-order chi connectivity index (χ1) is 19.6. The number of carbonyl (C=O) groups excluding carboxylic acids is 5. The van der Waals surface area contributed by atoms with Crippen molar-refractivity contribution in [3.63, 3.8) is 0 Å². The third kappa shape index (κ3) is 12.5. The molecule has 2 aromatic rings. The molecule has 0 heterocycles. The van der Waals surface area contributed by atoms with Crippen LogP contribution in [0.15, 0.2) is 72.8 Å². The maximum absolute atomic E-state index is 13.5. The summed E-state index contributed by atoms with van der Waals surface area (Å²) in [6, 6.07) is 15.1. The monoisotopic (exact) mass is 564 g/mol. The van der Waals surface area contributed by atoms with Gasteiger partial charge in [0.2, 0.25) is 17.7 Å². The molecule has 41 heavy (non-hydrogen) atoms. The summed E-state index contributed by atoms with van der Waals surface area (Å²) >= 11 is 0. The minimum absolute atomic E-state index is 0.0319. The number of ether oxygens (including phenoxy) is 1. The average molecular weight is 565 g/mol. The summed E-state index contributed by atoms with van der Waals surface area (Å²) in [5.74, 6) is -2.50. The first kappa shape index (κ1) is 32.7. The highest BCUT2D eigenvalue weighted by Crippen LogP contribution is 2.10. The van der Waals surface area contributed by atoms with E-state index in [-0.39, 0.29) is 31.8 Å². The largest absolute Gasteiger partial charge is 0.463 e. The molecule has 3 atom stereocenters. The molecule has 10 nitrogen and oxygen atoms in total. The summed E-state index contributed by atoms with van der Waals surface area (Å²) in [5, 5.41) is 8.40. The van der Waals surface area contributed by atoms with Crippen LogP contribution in [0.2, 0.25) is 0 Å². The standard InChI is InChI=1S/C31H40N4O6/c1-4-41-28(37)18-16-24(15-17-27(32)36)33-30(39)26(20-22-11-7-5-8-12-22)35-31(40)25(19-21(2)3)34-29(38)23-13-9-6-10-14-23/h5-14,16,18,21,24-26H,4,15,17,19-20H2,1-3H3,(H2,32,36)(H,33,39)(H,34,38)(H,35,40)/b18-16+/t24-,25-,26-/m0/s1. The number of hydrogen-bond acceptors (Lipinski definition) is 6. The Morgan fingerprint density at radius 2 is 1.46 bits per heavy atom. The molecule has 0 aromatic heterocycles. The molecule has 0 unspecified atom stereocenters. The van der Waals surface area contributed by atoms with Crippen LogP contribution in [0.4, 0.5) is 0 Å². The fraction of sp³-hybridized carbons (Fsp3) is 0.387. The SMILES string of the molecule is CCOC(=O)/C=C/[C@H](CCC(N)=O)NC(=O)[C@H](Cc1ccccc1)NC(=O)[C@H](CC(C)C)NC(=O)c1ccccc1. The number of primary amides is 1. The molecule has 0 aliphatic heterocycles. The van der Waals surface area contributed by atoms with Crippen molar-refractivity contribution in [3.05, 3.63) is 83.9 Å². The fourth-order valence-corrected chi connectivity index (χ4v) is 4.05. The predicted octanol–water partition coefficient (Wildman–Crippen LogP) is 2.43. The number of benzene rings is 2. The van der Waals surface area contributed by atoms with Gasteiger partial charge in [0.15, 0.2) is 0 Å². The number of carbonyl (C=O) groups is 5. The van der Waals surface area contributed by atoms with Gasteiger partial charge in [0.25, 0.3) is 5.91 Å². The van der Waals surface area contributed by atoms with Gasteiger partial charge in [-0.1, -0.05) is 68.5 Å². The van der Waals surface area contributed by atoms with Gasteiger partial charge in [0, 0.05) is 30.5 Å². The van der Waals surface area contributed by atoms with E-state index in [4.69, 9.17) is 10.5 Å². The highest BCUT2D eigenvalue weighted by molar-refractivity contribution is 5.98. The lowest BCUT2D eigenvalue weighted by Crippen LogP contribution is -2.55. The Balaban J connectivity index is 2.27. The molecular formula is C31H40N4O6. The highest BCUT2D eigenvalue weighted by Gasteiger charge is 2.29. The van der Waals surface area contributed by atoms with Gasteiger partial charge in [-0.15, -0.1) is 0 Å². The average Bonchev–Trinajstić information content (AvgIpc) is 2.94. The molecule has 4 amide bonds. The Bertz CT molecular complexity index is 1180. The number of hydrogen-bond donors (Lipinski definition) is 4. The topological polar surface area (TPSA) is 157 Å². The Morgan fingerprint density at radius 1 is 0.854 bits per heavy atom. The smallest absolute Gasteiger partial charge is 0.330 e. The Labute approximate surface area is 241 Å². The van der Waals surface area contributed by atoms with E-state index in [9.17, 15) is 24.0 Å². The minimum atomic E-state index is -1.01. The summed E-state index contributed by atoms with van der Waals surface area (Å²) in [4.78, 5) is 63.1. The molecule has 2 aromatic carbocycles. The van der Waals surface area contributed by atoms with Crippen LogP contribution in [-0.4, -0.2) is 54.3 Å². The van der Waals surface area contributed by atoms with Gasteiger partial charge in [-0.05, 0) is 43.4 Å². The van der Waals surface area contributed by atoms with Crippen LogP contribution in [0.5, 0.6) is 0 Å². The van der Waals surface area contributed by atoms with Crippen molar-refractivity contribution in [1.29, 1.82) is 0 Å². The number of rotatable bonds is 16. The Hall–Kier alpha value is -4.47. The molecule has 10 heteroatoms. The Morgan fingerprint density at radius 3 is 2.05 bits per heavy atom. The van der Waals surface area contributed by atoms with Crippen LogP contribution in [-0.2, 0) is 30.3 Å². The summed E-state index contributed by atoms with van der Waals surface area (Å²) < 4.78 is 4.90. The normalized spacial score (nSPS) is 13.2. The summed E-state index contributed by atoms with van der Waals surface area (Å²) in [7, 11) is 0. The molecule has 0 saturated heterocycles. The quantitative estimate of drug-likeness (QED) is 0.181. The summed E-state index contributed by atoms with van der Waals surface area (Å²) in [6.07, 6.45) is 3.25. The van der Waals surface area contributed by atoms with Crippen LogP contribution >= 0.6 is 0 Å². The minimum Gasteiger partial charge on any atom is -0.463 e. The third-order valence-electron chi connectivity index (χ3n) is 6.06. The zero-order valence-corrected chi connectivity index (χ0v) is 23.8. The van der Waals surface area contributed by atoms with E-state index < -0.39 is 47.7 Å². The van der Waals surface area contributed by atoms with Crippen LogP contribution in [0.25, 0.3) is 0 Å². The van der Waals surface area contributed by atoms with E-state index >= 15 is 0 Å². The van der Waals surface area contributed by atoms with Crippen LogP contribution in [0, 0.1) is 5.92 Å². The molecule has 220 valence electrons. The second-order valence-corrected chi connectivity index (χ2v) is 10.0. The van der Waals surface area contributed by atoms with Crippen LogP contribution < -0.4 is 21.7 Å². The lowest BCUT2D eigenvalue weighted by Gasteiger charge is -2.25. The van der Waals surface area contributed by atoms with E-state index in [2.05, 4.69) is 16.0 Å². The van der Waals surface area contributed by atoms with Gasteiger partial charge >= 0.3 is 5.97 Å². The van der Waals surface area contributed by atoms with Crippen molar-refractivity contribution in [3.8, 4) is 0 Å². The molecule has 0 aliphatic carbocycles. The molecule has 0 saturated carbocycles. The second-order valence-electron chi connectivity index (χ2n) is 10.0. The van der Waals surface area contributed by atoms with E-state index in [1.165, 1.54) is 12.2 Å². The van der Waals surface area contributed by atoms with Gasteiger partial charge in [-0.25, -0.2) is 4.79 Å². The molecule has 0 bridgehead atoms. The zero-order valence-electron chi connectivity index (χ0n) is 23.8. The first-order valence-corrected chi connectivity index (χ1v) is 13.7. The van der Waals surface area contributed by atoms with Gasteiger partial charge in [0.1, 0.15) is 12.1 Å². The second kappa shape index (κ2) is 17.3. The molecule has 2 rings (SSSR count). The van der Waals surface area contributed by atoms with Gasteiger partial charge in [-0.3, -0.25) is 19.2 Å². The highest BCUT2D eigenvalue weighted by atomic mass is 16.5. The van der Waals surface area contributed by atoms with Crippen molar-refractivity contribution in [2.45, 2.75) is 64.6 Å². The molecule has 0 aliphatic rings. The molecule has 5 N–H and O–H groups in total. The summed E-state index contributed by atoms with van der Waals surface area (Å²) in [5.41, 5.74) is 6.52. The molecular weight excluding hydrogens is 524 g/mol. The number of amides is 4. The number of esters is 1. The van der Waals surface area contributed by atoms with E-state index in [0.717, 1.165) is 5.56 Å². The van der Waals surface area contributed by atoms with Crippen molar-refractivity contribution in [1.82, 2.24) is 16.0 Å². The number of nitrogens with one attached hydrogen (secondary N) is 3. The van der Waals surface area contributed by atoms with Gasteiger partial charge in [-0.2, -0.15) is 0 Å². The first-order valence-electron chi connectivity index (χ1n) is 13.7. The van der Waals surface area contributed by atoms with Crippen molar-refractivity contribution in [2.24, 2.45) is 11.7 Å². The van der Waals surface area contributed by atoms with Crippen molar-refractivity contribution >= 4 is 29.6 Å². The lowest BCUT2D eigenvalue weighted by molar-refractivity contribution is -0.137. The van der Waals surface area contributed by atoms with Crippen LogP contribution in [0.3, 0.4) is 0 Å². The predicted molar refractivity (Wildman–Crippen MR) is 155 cm³/mol. The maximum Gasteiger partial charge on any atom is 0.330 e.